The van der Waals surface area contributed by atoms with Crippen molar-refractivity contribution in [3.8, 4) is 0 Å². The number of benzene rings is 2. The predicted octanol–water partition coefficient (Wildman–Crippen LogP) is 5.57. The van der Waals surface area contributed by atoms with Crippen molar-refractivity contribution < 1.29 is 14.3 Å². The summed E-state index contributed by atoms with van der Waals surface area (Å²) in [6.07, 6.45) is 11.4. The van der Waals surface area contributed by atoms with E-state index in [1.54, 1.807) is 5.01 Å². The molecule has 1 amide bonds. The van der Waals surface area contributed by atoms with Crippen LogP contribution in [0.1, 0.15) is 49.3 Å². The fourth-order valence-corrected chi connectivity index (χ4v) is 6.30. The van der Waals surface area contributed by atoms with E-state index in [1.807, 2.05) is 36.4 Å². The normalized spacial score (nSPS) is 29.8. The second kappa shape index (κ2) is 9.29. The second-order valence-corrected chi connectivity index (χ2v) is 10.2. The van der Waals surface area contributed by atoms with Crippen LogP contribution in [-0.4, -0.2) is 29.2 Å². The van der Waals surface area contributed by atoms with Crippen LogP contribution in [0, 0.1) is 23.7 Å². The zero-order chi connectivity index (χ0) is 23.8. The quantitative estimate of drug-likeness (QED) is 0.428. The van der Waals surface area contributed by atoms with Crippen LogP contribution in [-0.2, 0) is 14.3 Å². The molecule has 1 aliphatic heterocycles. The Hall–Kier alpha value is -3.47. The van der Waals surface area contributed by atoms with E-state index in [9.17, 15) is 9.59 Å². The van der Waals surface area contributed by atoms with E-state index in [-0.39, 0.29) is 42.3 Å². The van der Waals surface area contributed by atoms with Gasteiger partial charge in [0.1, 0.15) is 0 Å². The van der Waals surface area contributed by atoms with E-state index < -0.39 is 0 Å². The monoisotopic (exact) mass is 466 g/mol. The fourth-order valence-electron chi connectivity index (χ4n) is 6.30. The molecule has 2 fully saturated rings. The van der Waals surface area contributed by atoms with Crippen molar-refractivity contribution in [3.63, 3.8) is 0 Å². The summed E-state index contributed by atoms with van der Waals surface area (Å²) in [6, 6.07) is 20.2. The molecule has 5 atom stereocenters. The molecular formula is C30H30N2O3. The van der Waals surface area contributed by atoms with Gasteiger partial charge in [-0.2, -0.15) is 5.10 Å². The van der Waals surface area contributed by atoms with Crippen molar-refractivity contribution in [2.24, 2.45) is 28.8 Å². The van der Waals surface area contributed by atoms with Gasteiger partial charge in [-0.15, -0.1) is 0 Å². The Balaban J connectivity index is 1.25. The number of ether oxygens (including phenoxy) is 1. The summed E-state index contributed by atoms with van der Waals surface area (Å²) in [5.41, 5.74) is 4.39. The van der Waals surface area contributed by atoms with E-state index in [1.165, 1.54) is 5.57 Å². The summed E-state index contributed by atoms with van der Waals surface area (Å²) in [5.74, 6) is 0.262. The van der Waals surface area contributed by atoms with Crippen LogP contribution in [0.2, 0.25) is 0 Å². The minimum Gasteiger partial charge on any atom is -0.455 e. The first-order valence-electron chi connectivity index (χ1n) is 12.7. The summed E-state index contributed by atoms with van der Waals surface area (Å²) in [6.45, 7) is -0.263. The zero-order valence-corrected chi connectivity index (χ0v) is 19.8. The first-order valence-corrected chi connectivity index (χ1v) is 12.7. The molecular weight excluding hydrogens is 436 g/mol. The Bertz CT molecular complexity index is 1200. The van der Waals surface area contributed by atoms with Crippen LogP contribution < -0.4 is 0 Å². The first-order chi connectivity index (χ1) is 17.2. The third kappa shape index (κ3) is 4.24. The van der Waals surface area contributed by atoms with E-state index in [2.05, 4.69) is 42.5 Å². The first kappa shape index (κ1) is 22.0. The molecule has 2 saturated carbocycles. The number of hydrogen-bond acceptors (Lipinski definition) is 4. The number of amides is 1. The van der Waals surface area contributed by atoms with Crippen molar-refractivity contribution in [2.45, 2.75) is 38.1 Å². The highest BCUT2D eigenvalue weighted by molar-refractivity contribution is 6.08. The number of hydrogen-bond donors (Lipinski definition) is 0. The number of hydrazone groups is 1. The van der Waals surface area contributed by atoms with Gasteiger partial charge in [-0.3, -0.25) is 9.59 Å². The molecule has 5 unspecified atom stereocenters. The van der Waals surface area contributed by atoms with E-state index in [0.29, 0.717) is 5.92 Å². The molecule has 1 heterocycles. The Labute approximate surface area is 206 Å². The Morgan fingerprint density at radius 3 is 2.49 bits per heavy atom. The topological polar surface area (TPSA) is 59.0 Å². The standard InChI is InChI=1S/C30H30N2O3/c33-27(19-35-30(34)26-18-21-14-15-23(26)17-21)32-29(22-10-5-2-6-11-22)25-13-7-12-24(28(25)31-32)16-20-8-3-1-4-9-20/h1-6,8-11,14-16,21,23,25-26,29H,7,12-13,17-19H2. The van der Waals surface area contributed by atoms with Gasteiger partial charge in [0, 0.05) is 5.92 Å². The molecule has 3 aliphatic carbocycles. The molecule has 2 aromatic rings. The summed E-state index contributed by atoms with van der Waals surface area (Å²) >= 11 is 0. The molecule has 2 aromatic carbocycles. The molecule has 0 saturated heterocycles. The molecule has 4 aliphatic rings. The fraction of sp³-hybridized carbons (Fsp3) is 0.367. The van der Waals surface area contributed by atoms with Gasteiger partial charge in [0.2, 0.25) is 0 Å². The van der Waals surface area contributed by atoms with Crippen molar-refractivity contribution >= 4 is 23.7 Å². The zero-order valence-electron chi connectivity index (χ0n) is 19.8. The highest BCUT2D eigenvalue weighted by atomic mass is 16.5. The molecule has 5 nitrogen and oxygen atoms in total. The number of esters is 1. The van der Waals surface area contributed by atoms with Crippen molar-refractivity contribution in [3.05, 3.63) is 89.5 Å². The lowest BCUT2D eigenvalue weighted by Crippen LogP contribution is -2.35. The number of fused-ring (bicyclic) bond motifs is 3. The van der Waals surface area contributed by atoms with Gasteiger partial charge >= 0.3 is 5.97 Å². The lowest BCUT2D eigenvalue weighted by molar-refractivity contribution is -0.157. The summed E-state index contributed by atoms with van der Waals surface area (Å²) < 4.78 is 5.56. The number of rotatable bonds is 5. The Kier molecular flexibility index (Phi) is 5.85. The van der Waals surface area contributed by atoms with Gasteiger partial charge in [0.15, 0.2) is 6.61 Å². The highest BCUT2D eigenvalue weighted by Gasteiger charge is 2.45. The smallest absolute Gasteiger partial charge is 0.310 e. The van der Waals surface area contributed by atoms with E-state index in [4.69, 9.17) is 9.84 Å². The van der Waals surface area contributed by atoms with Gasteiger partial charge in [0.25, 0.3) is 5.91 Å². The van der Waals surface area contributed by atoms with Crippen LogP contribution in [0.5, 0.6) is 0 Å². The van der Waals surface area contributed by atoms with Crippen molar-refractivity contribution in [1.29, 1.82) is 0 Å². The molecule has 0 radical (unpaired) electrons. The van der Waals surface area contributed by atoms with Crippen LogP contribution in [0.25, 0.3) is 6.08 Å². The van der Waals surface area contributed by atoms with Gasteiger partial charge in [-0.05, 0) is 66.7 Å². The summed E-state index contributed by atoms with van der Waals surface area (Å²) in [4.78, 5) is 26.2. The van der Waals surface area contributed by atoms with Gasteiger partial charge in [-0.25, -0.2) is 5.01 Å². The maximum Gasteiger partial charge on any atom is 0.310 e. The maximum absolute atomic E-state index is 13.4. The van der Waals surface area contributed by atoms with Gasteiger partial charge < -0.3 is 4.74 Å². The number of nitrogens with zero attached hydrogens (tertiary/aromatic N) is 2. The SMILES string of the molecule is O=C(OCC(=O)N1N=C2C(=Cc3ccccc3)CCCC2C1c1ccccc1)C1CC2C=CC1C2. The van der Waals surface area contributed by atoms with Crippen LogP contribution >= 0.6 is 0 Å². The van der Waals surface area contributed by atoms with Crippen molar-refractivity contribution in [1.82, 2.24) is 5.01 Å². The van der Waals surface area contributed by atoms with E-state index >= 15 is 0 Å². The number of carbonyl (C=O) groups excluding carboxylic acids is 2. The Morgan fingerprint density at radius 1 is 1.00 bits per heavy atom. The maximum atomic E-state index is 13.4. The summed E-state index contributed by atoms with van der Waals surface area (Å²) in [5, 5.41) is 6.48. The number of allylic oxidation sites excluding steroid dienone is 3. The second-order valence-electron chi connectivity index (χ2n) is 10.2. The third-order valence-electron chi connectivity index (χ3n) is 7.96. The third-order valence-corrected chi connectivity index (χ3v) is 7.96. The molecule has 0 N–H and O–H groups in total. The average molecular weight is 467 g/mol. The molecule has 0 aromatic heterocycles. The minimum absolute atomic E-state index is 0.115. The lowest BCUT2D eigenvalue weighted by atomic mass is 9.77. The number of carbonyl (C=O) groups is 2. The molecule has 6 rings (SSSR count). The molecule has 0 spiro atoms. The average Bonchev–Trinajstić information content (AvgIpc) is 3.63. The Morgan fingerprint density at radius 2 is 1.77 bits per heavy atom. The van der Waals surface area contributed by atoms with Gasteiger partial charge in [-0.1, -0.05) is 72.8 Å². The largest absolute Gasteiger partial charge is 0.455 e. The van der Waals surface area contributed by atoms with Crippen LogP contribution in [0.15, 0.2) is 83.5 Å². The van der Waals surface area contributed by atoms with Crippen molar-refractivity contribution in [2.75, 3.05) is 6.61 Å². The summed E-state index contributed by atoms with van der Waals surface area (Å²) in [7, 11) is 0. The van der Waals surface area contributed by atoms with Crippen LogP contribution in [0.3, 0.4) is 0 Å². The molecule has 2 bridgehead atoms. The lowest BCUT2D eigenvalue weighted by Gasteiger charge is -2.29. The predicted molar refractivity (Wildman–Crippen MR) is 135 cm³/mol. The molecule has 35 heavy (non-hydrogen) atoms. The van der Waals surface area contributed by atoms with Crippen LogP contribution in [0.4, 0.5) is 0 Å². The molecule has 178 valence electrons. The highest BCUT2D eigenvalue weighted by Crippen LogP contribution is 2.45. The molecule has 5 heteroatoms. The van der Waals surface area contributed by atoms with Gasteiger partial charge in [0.05, 0.1) is 17.7 Å². The van der Waals surface area contributed by atoms with E-state index in [0.717, 1.165) is 48.9 Å². The minimum atomic E-state index is -0.263.